The number of aryl methyl sites for hydroxylation is 1. The van der Waals surface area contributed by atoms with Crippen molar-refractivity contribution in [1.29, 1.82) is 0 Å². The van der Waals surface area contributed by atoms with Gasteiger partial charge in [0.2, 0.25) is 0 Å². The first-order valence-electron chi connectivity index (χ1n) is 6.50. The largest absolute Gasteiger partial charge is 0.334 e. The van der Waals surface area contributed by atoms with Gasteiger partial charge in [0, 0.05) is 13.1 Å². The Balaban J connectivity index is 2.18. The number of benzene rings is 1. The summed E-state index contributed by atoms with van der Waals surface area (Å²) in [5.41, 5.74) is 1.49. The first-order valence-corrected chi connectivity index (χ1v) is 7.28. The van der Waals surface area contributed by atoms with Gasteiger partial charge in [0.05, 0.1) is 5.69 Å². The molecule has 2 rings (SSSR count). The van der Waals surface area contributed by atoms with Gasteiger partial charge in [-0.3, -0.25) is 4.79 Å². The van der Waals surface area contributed by atoms with E-state index in [0.29, 0.717) is 24.4 Å². The third-order valence-corrected chi connectivity index (χ3v) is 3.77. The number of amides is 1. The van der Waals surface area contributed by atoms with E-state index in [0.717, 1.165) is 22.8 Å². The monoisotopic (exact) mass is 293 g/mol. The smallest absolute Gasteiger partial charge is 0.267 e. The van der Waals surface area contributed by atoms with E-state index in [4.69, 9.17) is 0 Å². The van der Waals surface area contributed by atoms with E-state index < -0.39 is 0 Å². The zero-order valence-corrected chi connectivity index (χ0v) is 12.3. The molecule has 0 aliphatic heterocycles. The minimum absolute atomic E-state index is 0.0939. The van der Waals surface area contributed by atoms with Gasteiger partial charge in [0.1, 0.15) is 10.7 Å². The lowest BCUT2D eigenvalue weighted by Crippen LogP contribution is -2.30. The summed E-state index contributed by atoms with van der Waals surface area (Å²) < 4.78 is 17.0. The number of hydrogen-bond acceptors (Lipinski definition) is 4. The van der Waals surface area contributed by atoms with E-state index >= 15 is 0 Å². The van der Waals surface area contributed by atoms with Gasteiger partial charge in [0.25, 0.3) is 5.91 Å². The maximum absolute atomic E-state index is 13.2. The van der Waals surface area contributed by atoms with Crippen LogP contribution in [-0.2, 0) is 13.0 Å². The quantitative estimate of drug-likeness (QED) is 0.851. The zero-order chi connectivity index (χ0) is 14.5. The molecule has 0 bridgehead atoms. The number of halogens is 1. The van der Waals surface area contributed by atoms with Crippen molar-refractivity contribution in [2.45, 2.75) is 26.8 Å². The number of nitrogens with zero attached hydrogens (tertiary/aromatic N) is 3. The van der Waals surface area contributed by atoms with Gasteiger partial charge in [-0.05, 0) is 42.6 Å². The average Bonchev–Trinajstić information content (AvgIpc) is 2.92. The van der Waals surface area contributed by atoms with Gasteiger partial charge in [0.15, 0.2) is 0 Å². The van der Waals surface area contributed by atoms with E-state index in [-0.39, 0.29) is 11.7 Å². The van der Waals surface area contributed by atoms with Gasteiger partial charge in [-0.2, -0.15) is 0 Å². The molecule has 0 N–H and O–H groups in total. The number of carbonyl (C=O) groups is 1. The summed E-state index contributed by atoms with van der Waals surface area (Å²) in [5.74, 6) is -0.386. The molecule has 0 radical (unpaired) electrons. The first kappa shape index (κ1) is 14.6. The average molecular weight is 293 g/mol. The molecule has 0 unspecified atom stereocenters. The van der Waals surface area contributed by atoms with Gasteiger partial charge in [-0.25, -0.2) is 4.39 Å². The standard InChI is InChI=1S/C14H16FN3OS/c1-3-12-13(20-17-16-12)14(19)18(4-2)9-10-6-5-7-11(15)8-10/h5-8H,3-4,9H2,1-2H3. The third kappa shape index (κ3) is 3.19. The Morgan fingerprint density at radius 2 is 2.20 bits per heavy atom. The summed E-state index contributed by atoms with van der Waals surface area (Å²) in [5, 5.41) is 3.95. The van der Waals surface area contributed by atoms with E-state index in [1.54, 1.807) is 11.0 Å². The Labute approximate surface area is 121 Å². The molecular weight excluding hydrogens is 277 g/mol. The lowest BCUT2D eigenvalue weighted by Gasteiger charge is -2.20. The van der Waals surface area contributed by atoms with Crippen LogP contribution in [0.25, 0.3) is 0 Å². The van der Waals surface area contributed by atoms with Crippen LogP contribution in [0.15, 0.2) is 24.3 Å². The second-order valence-corrected chi connectivity index (χ2v) is 5.11. The molecule has 2 aromatic rings. The van der Waals surface area contributed by atoms with E-state index in [2.05, 4.69) is 9.59 Å². The maximum Gasteiger partial charge on any atom is 0.267 e. The van der Waals surface area contributed by atoms with Crippen LogP contribution in [0.5, 0.6) is 0 Å². The number of rotatable bonds is 5. The Morgan fingerprint density at radius 3 is 2.85 bits per heavy atom. The van der Waals surface area contributed by atoms with Gasteiger partial charge in [-0.15, -0.1) is 5.10 Å². The van der Waals surface area contributed by atoms with Crippen LogP contribution in [-0.4, -0.2) is 26.9 Å². The van der Waals surface area contributed by atoms with Crippen LogP contribution in [0.1, 0.15) is 34.8 Å². The summed E-state index contributed by atoms with van der Waals surface area (Å²) in [6, 6.07) is 6.30. The van der Waals surface area contributed by atoms with Crippen LogP contribution in [0.4, 0.5) is 4.39 Å². The van der Waals surface area contributed by atoms with Crippen molar-refractivity contribution in [1.82, 2.24) is 14.5 Å². The Bertz CT molecular complexity index is 600. The van der Waals surface area contributed by atoms with Crippen molar-refractivity contribution in [3.05, 3.63) is 46.2 Å². The minimum atomic E-state index is -0.292. The summed E-state index contributed by atoms with van der Waals surface area (Å²) in [6.45, 7) is 4.78. The highest BCUT2D eigenvalue weighted by atomic mass is 32.1. The van der Waals surface area contributed by atoms with Crippen molar-refractivity contribution in [3.63, 3.8) is 0 Å². The molecule has 0 atom stereocenters. The highest BCUT2D eigenvalue weighted by Gasteiger charge is 2.20. The highest BCUT2D eigenvalue weighted by Crippen LogP contribution is 2.16. The number of aromatic nitrogens is 2. The molecule has 0 spiro atoms. The van der Waals surface area contributed by atoms with Crippen molar-refractivity contribution in [2.24, 2.45) is 0 Å². The van der Waals surface area contributed by atoms with E-state index in [1.807, 2.05) is 19.9 Å². The van der Waals surface area contributed by atoms with Crippen molar-refractivity contribution < 1.29 is 9.18 Å². The Kier molecular flexibility index (Phi) is 4.79. The minimum Gasteiger partial charge on any atom is -0.334 e. The van der Waals surface area contributed by atoms with Crippen molar-refractivity contribution in [2.75, 3.05) is 6.54 Å². The molecule has 0 aliphatic rings. The number of hydrogen-bond donors (Lipinski definition) is 0. The summed E-state index contributed by atoms with van der Waals surface area (Å²) >= 11 is 1.11. The molecule has 20 heavy (non-hydrogen) atoms. The fraction of sp³-hybridized carbons (Fsp3) is 0.357. The summed E-state index contributed by atoms with van der Waals surface area (Å²) in [4.78, 5) is 14.7. The van der Waals surface area contributed by atoms with E-state index in [1.165, 1.54) is 12.1 Å². The fourth-order valence-electron chi connectivity index (χ4n) is 1.93. The molecule has 0 fully saturated rings. The third-order valence-electron chi connectivity index (χ3n) is 3.02. The predicted molar refractivity (Wildman–Crippen MR) is 76.1 cm³/mol. The zero-order valence-electron chi connectivity index (χ0n) is 11.5. The second kappa shape index (κ2) is 6.56. The lowest BCUT2D eigenvalue weighted by molar-refractivity contribution is 0.0756. The van der Waals surface area contributed by atoms with Gasteiger partial charge in [-0.1, -0.05) is 23.5 Å². The Hall–Kier alpha value is -1.82. The SMILES string of the molecule is CCc1nnsc1C(=O)N(CC)Cc1cccc(F)c1. The molecular formula is C14H16FN3OS. The van der Waals surface area contributed by atoms with Gasteiger partial charge < -0.3 is 4.90 Å². The molecule has 6 heteroatoms. The Morgan fingerprint density at radius 1 is 1.40 bits per heavy atom. The van der Waals surface area contributed by atoms with Crippen LogP contribution in [0.3, 0.4) is 0 Å². The maximum atomic E-state index is 13.2. The molecule has 0 saturated carbocycles. The molecule has 1 aromatic carbocycles. The molecule has 1 heterocycles. The molecule has 106 valence electrons. The summed E-state index contributed by atoms with van der Waals surface area (Å²) in [7, 11) is 0. The van der Waals surface area contributed by atoms with Crippen LogP contribution >= 0.6 is 11.5 Å². The molecule has 0 saturated heterocycles. The lowest BCUT2D eigenvalue weighted by atomic mass is 10.2. The topological polar surface area (TPSA) is 46.1 Å². The van der Waals surface area contributed by atoms with Crippen molar-refractivity contribution >= 4 is 17.4 Å². The normalized spacial score (nSPS) is 10.6. The molecule has 1 aromatic heterocycles. The fourth-order valence-corrected chi connectivity index (χ4v) is 2.65. The summed E-state index contributed by atoms with van der Waals surface area (Å²) in [6.07, 6.45) is 0.676. The highest BCUT2D eigenvalue weighted by molar-refractivity contribution is 7.07. The molecule has 0 aliphatic carbocycles. The predicted octanol–water partition coefficient (Wildman–Crippen LogP) is 2.90. The van der Waals surface area contributed by atoms with Crippen LogP contribution in [0.2, 0.25) is 0 Å². The van der Waals surface area contributed by atoms with Crippen LogP contribution in [0, 0.1) is 5.82 Å². The van der Waals surface area contributed by atoms with E-state index in [9.17, 15) is 9.18 Å². The van der Waals surface area contributed by atoms with Crippen molar-refractivity contribution in [3.8, 4) is 0 Å². The first-order chi connectivity index (χ1) is 9.65. The molecule has 4 nitrogen and oxygen atoms in total. The van der Waals surface area contributed by atoms with Gasteiger partial charge >= 0.3 is 0 Å². The molecule has 1 amide bonds. The number of carbonyl (C=O) groups excluding carboxylic acids is 1. The van der Waals surface area contributed by atoms with Crippen LogP contribution < -0.4 is 0 Å². The second-order valence-electron chi connectivity index (χ2n) is 4.35.